The van der Waals surface area contributed by atoms with Crippen molar-refractivity contribution in [3.05, 3.63) is 0 Å². The Labute approximate surface area is 91.8 Å². The number of rotatable bonds is 5. The first-order valence-electron chi connectivity index (χ1n) is 6.03. The van der Waals surface area contributed by atoms with Crippen LogP contribution in [0.15, 0.2) is 0 Å². The van der Waals surface area contributed by atoms with Gasteiger partial charge >= 0.3 is 0 Å². The van der Waals surface area contributed by atoms with Crippen LogP contribution in [0, 0.1) is 0 Å². The number of hydrogen-bond acceptors (Lipinski definition) is 2. The van der Waals surface area contributed by atoms with Gasteiger partial charge in [0.1, 0.15) is 5.78 Å². The third kappa shape index (κ3) is 4.45. The van der Waals surface area contributed by atoms with E-state index in [1.807, 2.05) is 11.8 Å². The predicted molar refractivity (Wildman–Crippen MR) is 59.6 cm³/mol. The van der Waals surface area contributed by atoms with Gasteiger partial charge < -0.3 is 4.90 Å². The molecule has 1 rings (SSSR count). The summed E-state index contributed by atoms with van der Waals surface area (Å²) in [6.07, 6.45) is 6.08. The molecule has 1 heterocycles. The standard InChI is InChI=1S/C12H21NO2/c1-2-11(14)7-6-10-13-9-5-3-4-8-12(13)15/h2-10H2,1H3. The molecule has 0 aliphatic carbocycles. The highest BCUT2D eigenvalue weighted by molar-refractivity contribution is 5.78. The first-order chi connectivity index (χ1) is 7.24. The molecule has 0 radical (unpaired) electrons. The SMILES string of the molecule is CCC(=O)CCCN1CCCCCC1=O. The molecule has 0 aromatic rings. The summed E-state index contributed by atoms with van der Waals surface area (Å²) in [5.74, 6) is 0.578. The normalized spacial score (nSPS) is 17.7. The van der Waals surface area contributed by atoms with Crippen LogP contribution < -0.4 is 0 Å². The highest BCUT2D eigenvalue weighted by Gasteiger charge is 2.15. The number of likely N-dealkylation sites (tertiary alicyclic amines) is 1. The van der Waals surface area contributed by atoms with E-state index in [0.29, 0.717) is 25.0 Å². The Balaban J connectivity index is 2.23. The van der Waals surface area contributed by atoms with Crippen LogP contribution in [0.2, 0.25) is 0 Å². The molecular formula is C12H21NO2. The topological polar surface area (TPSA) is 37.4 Å². The van der Waals surface area contributed by atoms with Gasteiger partial charge in [-0.05, 0) is 19.3 Å². The monoisotopic (exact) mass is 211 g/mol. The van der Waals surface area contributed by atoms with Crippen molar-refractivity contribution in [1.82, 2.24) is 4.90 Å². The average molecular weight is 211 g/mol. The maximum Gasteiger partial charge on any atom is 0.222 e. The fourth-order valence-electron chi connectivity index (χ4n) is 1.92. The zero-order valence-corrected chi connectivity index (χ0v) is 9.63. The summed E-state index contributed by atoms with van der Waals surface area (Å²) in [7, 11) is 0. The number of carbonyl (C=O) groups is 2. The second kappa shape index (κ2) is 6.59. The molecule has 1 aliphatic rings. The third-order valence-corrected chi connectivity index (χ3v) is 2.95. The summed E-state index contributed by atoms with van der Waals surface area (Å²) < 4.78 is 0. The number of carbonyl (C=O) groups excluding carboxylic acids is 2. The summed E-state index contributed by atoms with van der Waals surface area (Å²) in [4.78, 5) is 24.6. The van der Waals surface area contributed by atoms with Gasteiger partial charge in [0, 0.05) is 32.4 Å². The zero-order valence-electron chi connectivity index (χ0n) is 9.63. The second-order valence-electron chi connectivity index (χ2n) is 4.19. The smallest absolute Gasteiger partial charge is 0.222 e. The predicted octanol–water partition coefficient (Wildman–Crippen LogP) is 2.15. The van der Waals surface area contributed by atoms with Gasteiger partial charge in [-0.2, -0.15) is 0 Å². The largest absolute Gasteiger partial charge is 0.343 e. The minimum Gasteiger partial charge on any atom is -0.343 e. The molecule has 0 unspecified atom stereocenters. The van der Waals surface area contributed by atoms with E-state index in [1.54, 1.807) is 0 Å². The van der Waals surface area contributed by atoms with Crippen molar-refractivity contribution in [2.45, 2.75) is 51.9 Å². The van der Waals surface area contributed by atoms with Gasteiger partial charge in [0.15, 0.2) is 0 Å². The molecule has 0 bridgehead atoms. The van der Waals surface area contributed by atoms with E-state index in [0.717, 1.165) is 38.8 Å². The number of amides is 1. The average Bonchev–Trinajstić information content (AvgIpc) is 2.44. The lowest BCUT2D eigenvalue weighted by Gasteiger charge is -2.19. The summed E-state index contributed by atoms with van der Waals surface area (Å²) in [5.41, 5.74) is 0. The van der Waals surface area contributed by atoms with Crippen molar-refractivity contribution in [1.29, 1.82) is 0 Å². The summed E-state index contributed by atoms with van der Waals surface area (Å²) in [5, 5.41) is 0. The van der Waals surface area contributed by atoms with Crippen molar-refractivity contribution < 1.29 is 9.59 Å². The lowest BCUT2D eigenvalue weighted by molar-refractivity contribution is -0.131. The Morgan fingerprint density at radius 1 is 1.33 bits per heavy atom. The molecule has 15 heavy (non-hydrogen) atoms. The van der Waals surface area contributed by atoms with E-state index in [-0.39, 0.29) is 5.91 Å². The Hall–Kier alpha value is -0.860. The number of hydrogen-bond donors (Lipinski definition) is 0. The lowest BCUT2D eigenvalue weighted by atomic mass is 10.2. The quantitative estimate of drug-likeness (QED) is 0.698. The van der Waals surface area contributed by atoms with Crippen molar-refractivity contribution in [3.63, 3.8) is 0 Å². The van der Waals surface area contributed by atoms with E-state index in [2.05, 4.69) is 0 Å². The molecule has 1 fully saturated rings. The van der Waals surface area contributed by atoms with Crippen LogP contribution in [0.5, 0.6) is 0 Å². The van der Waals surface area contributed by atoms with Crippen LogP contribution in [0.25, 0.3) is 0 Å². The summed E-state index contributed by atoms with van der Waals surface area (Å²) >= 11 is 0. The Morgan fingerprint density at radius 3 is 2.87 bits per heavy atom. The van der Waals surface area contributed by atoms with Gasteiger partial charge in [-0.15, -0.1) is 0 Å². The molecule has 1 saturated heterocycles. The van der Waals surface area contributed by atoms with Gasteiger partial charge in [0.2, 0.25) is 5.91 Å². The molecule has 0 spiro atoms. The highest BCUT2D eigenvalue weighted by Crippen LogP contribution is 2.11. The fraction of sp³-hybridized carbons (Fsp3) is 0.833. The fourth-order valence-corrected chi connectivity index (χ4v) is 1.92. The van der Waals surface area contributed by atoms with Gasteiger partial charge in [-0.1, -0.05) is 13.3 Å². The van der Waals surface area contributed by atoms with Crippen LogP contribution in [0.4, 0.5) is 0 Å². The minimum absolute atomic E-state index is 0.274. The zero-order chi connectivity index (χ0) is 11.1. The number of ketones is 1. The molecule has 0 aromatic heterocycles. The van der Waals surface area contributed by atoms with Crippen molar-refractivity contribution >= 4 is 11.7 Å². The maximum absolute atomic E-state index is 11.6. The van der Waals surface area contributed by atoms with E-state index >= 15 is 0 Å². The van der Waals surface area contributed by atoms with Gasteiger partial charge in [0.25, 0.3) is 0 Å². The summed E-state index contributed by atoms with van der Waals surface area (Å²) in [6, 6.07) is 0. The maximum atomic E-state index is 11.6. The number of Topliss-reactive ketones (excluding diaryl/α,β-unsaturated/α-hetero) is 1. The Kier molecular flexibility index (Phi) is 5.37. The highest BCUT2D eigenvalue weighted by atomic mass is 16.2. The second-order valence-corrected chi connectivity index (χ2v) is 4.19. The number of nitrogens with zero attached hydrogens (tertiary/aromatic N) is 1. The lowest BCUT2D eigenvalue weighted by Crippen LogP contribution is -2.31. The summed E-state index contributed by atoms with van der Waals surface area (Å²) in [6.45, 7) is 3.54. The molecule has 0 saturated carbocycles. The molecule has 0 atom stereocenters. The van der Waals surface area contributed by atoms with Crippen LogP contribution in [-0.4, -0.2) is 29.7 Å². The first-order valence-corrected chi connectivity index (χ1v) is 6.03. The Bertz CT molecular complexity index is 226. The van der Waals surface area contributed by atoms with E-state index in [4.69, 9.17) is 0 Å². The molecule has 1 aliphatic heterocycles. The molecule has 0 aromatic carbocycles. The van der Waals surface area contributed by atoms with Crippen LogP contribution >= 0.6 is 0 Å². The van der Waals surface area contributed by atoms with Gasteiger partial charge in [0.05, 0.1) is 0 Å². The first kappa shape index (κ1) is 12.2. The van der Waals surface area contributed by atoms with Gasteiger partial charge in [-0.25, -0.2) is 0 Å². The third-order valence-electron chi connectivity index (χ3n) is 2.95. The van der Waals surface area contributed by atoms with Crippen LogP contribution in [0.3, 0.4) is 0 Å². The molecule has 86 valence electrons. The van der Waals surface area contributed by atoms with E-state index in [9.17, 15) is 9.59 Å². The van der Waals surface area contributed by atoms with Gasteiger partial charge in [-0.3, -0.25) is 9.59 Å². The molecule has 0 N–H and O–H groups in total. The van der Waals surface area contributed by atoms with Crippen LogP contribution in [0.1, 0.15) is 51.9 Å². The van der Waals surface area contributed by atoms with Crippen LogP contribution in [-0.2, 0) is 9.59 Å². The molecular weight excluding hydrogens is 190 g/mol. The van der Waals surface area contributed by atoms with E-state index in [1.165, 1.54) is 0 Å². The molecule has 3 nitrogen and oxygen atoms in total. The minimum atomic E-state index is 0.274. The van der Waals surface area contributed by atoms with E-state index < -0.39 is 0 Å². The molecule has 3 heteroatoms. The van der Waals surface area contributed by atoms with Crippen molar-refractivity contribution in [3.8, 4) is 0 Å². The molecule has 1 amide bonds. The van der Waals surface area contributed by atoms with Crippen molar-refractivity contribution in [2.24, 2.45) is 0 Å². The Morgan fingerprint density at radius 2 is 2.13 bits per heavy atom. The van der Waals surface area contributed by atoms with Crippen molar-refractivity contribution in [2.75, 3.05) is 13.1 Å².